The highest BCUT2D eigenvalue weighted by atomic mass is 33.2. The number of carbonyl (C=O) groups is 1. The van der Waals surface area contributed by atoms with E-state index < -0.39 is 15.1 Å². The van der Waals surface area contributed by atoms with Gasteiger partial charge in [-0.2, -0.15) is 0 Å². The van der Waals surface area contributed by atoms with Crippen molar-refractivity contribution in [3.63, 3.8) is 0 Å². The van der Waals surface area contributed by atoms with E-state index in [0.717, 1.165) is 20.8 Å². The maximum Gasteiger partial charge on any atom is 0.136 e. The molecule has 0 N–H and O–H groups in total. The molecule has 2 aliphatic rings. The molecule has 26 heteroatoms. The van der Waals surface area contributed by atoms with Crippen LogP contribution in [0.5, 0.6) is 0 Å². The summed E-state index contributed by atoms with van der Waals surface area (Å²) in [6.45, 7) is 7.03. The summed E-state index contributed by atoms with van der Waals surface area (Å²) in [5, 5.41) is 0. The SMILES string of the molecule is CC1=C2C(OP(P(P)P)P(PP)P(P)P)CC(C)C(=O)CC(CC1OP(P(P)P(P)P)P(P(P)P)P(P)P)C2(C)C. The summed E-state index contributed by atoms with van der Waals surface area (Å²) in [6.07, 6.45) is 2.40. The number of ketones is 1. The van der Waals surface area contributed by atoms with Crippen molar-refractivity contribution in [3.05, 3.63) is 11.1 Å². The van der Waals surface area contributed by atoms with E-state index in [2.05, 4.69) is 135 Å². The zero-order valence-electron chi connectivity index (χ0n) is 23.6. The Labute approximate surface area is 290 Å². The second-order valence-electron chi connectivity index (χ2n) is 10.2. The topological polar surface area (TPSA) is 35.5 Å². The molecular formula is C15H47O3P23. The lowest BCUT2D eigenvalue weighted by molar-refractivity contribution is -0.126. The quantitative estimate of drug-likeness (QED) is 0.136. The third-order valence-electron chi connectivity index (χ3n) is 7.12. The lowest BCUT2D eigenvalue weighted by Crippen LogP contribution is -2.45. The molecule has 0 aromatic rings. The van der Waals surface area contributed by atoms with Gasteiger partial charge >= 0.3 is 0 Å². The van der Waals surface area contributed by atoms with E-state index in [0.29, 0.717) is 12.2 Å². The Hall–Kier alpha value is 9.22. The van der Waals surface area contributed by atoms with Gasteiger partial charge in [-0.15, -0.1) is 98.2 Å². The van der Waals surface area contributed by atoms with Crippen LogP contribution in [-0.4, -0.2) is 18.0 Å². The molecule has 240 valence electrons. The summed E-state index contributed by atoms with van der Waals surface area (Å²) in [5.41, 5.74) is 2.74. The van der Waals surface area contributed by atoms with Crippen LogP contribution in [0, 0.1) is 17.3 Å². The second kappa shape index (κ2) is 21.9. The van der Waals surface area contributed by atoms with E-state index >= 15 is 0 Å². The normalized spacial score (nSPS) is 28.9. The first kappa shape index (κ1) is 46.4. The van der Waals surface area contributed by atoms with Gasteiger partial charge in [-0.3, -0.25) is 4.79 Å². The summed E-state index contributed by atoms with van der Waals surface area (Å²) in [6, 6.07) is 0. The van der Waals surface area contributed by atoms with E-state index in [1.807, 2.05) is 0 Å². The van der Waals surface area contributed by atoms with Gasteiger partial charge in [0.2, 0.25) is 0 Å². The molecule has 0 saturated heterocycles. The van der Waals surface area contributed by atoms with E-state index in [1.165, 1.54) is 11.1 Å². The summed E-state index contributed by atoms with van der Waals surface area (Å²) >= 11 is 0. The van der Waals surface area contributed by atoms with E-state index in [4.69, 9.17) is 9.05 Å². The van der Waals surface area contributed by atoms with Gasteiger partial charge in [-0.05, 0) is 77.2 Å². The Balaban J connectivity index is 2.69. The standard InChI is InChI=1S/C15H47O3P23/c1-8-5-13(18-32(34(20)21)40(31-19)36(24)25)14-9(2)12(7-10(6-11(8)16)15(14,3)4)17-33(39(30)35(22)23)41(37(26)27)38(28)29/h8,10,12-13,31H,5-7,19-30H2,1-4H3. The predicted molar refractivity (Wildman–Crippen MR) is 262 cm³/mol. The van der Waals surface area contributed by atoms with Crippen molar-refractivity contribution in [2.24, 2.45) is 17.3 Å². The minimum atomic E-state index is -0.614. The molecule has 41 heavy (non-hydrogen) atoms. The lowest BCUT2D eigenvalue weighted by atomic mass is 9.59. The molecule has 1 fully saturated rings. The number of Topliss-reactive ketones (excluding diaryl/α,β-unsaturated/α-hetero) is 1. The van der Waals surface area contributed by atoms with Gasteiger partial charge in [0.15, 0.2) is 0 Å². The zero-order chi connectivity index (χ0) is 31.6. The monoisotopic (exact) mass is 988 g/mol. The molecular weight excluding hydrogens is 941 g/mol. The Morgan fingerprint density at radius 1 is 0.780 bits per heavy atom. The first-order chi connectivity index (χ1) is 18.9. The highest BCUT2D eigenvalue weighted by molar-refractivity contribution is 9.19. The average molecular weight is 988 g/mol. The molecule has 2 aliphatic carbocycles. The molecule has 21 unspecified atom stereocenters. The van der Waals surface area contributed by atoms with E-state index in [-0.39, 0.29) is 85.4 Å². The fraction of sp³-hybridized carbons (Fsp3) is 0.800. The summed E-state index contributed by atoms with van der Waals surface area (Å²) in [4.78, 5) is 13.6. The number of hydrogen-bond acceptors (Lipinski definition) is 3. The Bertz CT molecular complexity index is 892. The first-order valence-electron chi connectivity index (χ1n) is 12.1. The third kappa shape index (κ3) is 13.2. The largest absolute Gasteiger partial charge is 0.341 e. The fourth-order valence-corrected chi connectivity index (χ4v) is 167. The maximum absolute atomic E-state index is 13.6. The highest BCUT2D eigenvalue weighted by Gasteiger charge is 2.50. The maximum atomic E-state index is 13.6. The van der Waals surface area contributed by atoms with Crippen LogP contribution < -0.4 is 0 Å². The van der Waals surface area contributed by atoms with Gasteiger partial charge in [0.1, 0.15) is 5.78 Å². The smallest absolute Gasteiger partial charge is 0.136 e. The second-order valence-corrected chi connectivity index (χ2v) is 93.4. The molecule has 0 radical (unpaired) electrons. The number of fused-ring (bicyclic) bond motifs is 2. The minimum Gasteiger partial charge on any atom is -0.341 e. The van der Waals surface area contributed by atoms with Crippen molar-refractivity contribution in [1.29, 1.82) is 0 Å². The van der Waals surface area contributed by atoms with Crippen LogP contribution in [0.4, 0.5) is 0 Å². The summed E-state index contributed by atoms with van der Waals surface area (Å²) in [5.74, 6) is 0.694. The molecule has 3 nitrogen and oxygen atoms in total. The highest BCUT2D eigenvalue weighted by Crippen LogP contribution is 3.18. The van der Waals surface area contributed by atoms with Gasteiger partial charge in [-0.25, -0.2) is 0 Å². The van der Waals surface area contributed by atoms with Gasteiger partial charge in [-0.1, -0.05) is 37.7 Å². The lowest BCUT2D eigenvalue weighted by Gasteiger charge is -2.51. The summed E-state index contributed by atoms with van der Waals surface area (Å²) in [7, 11) is 36.9. The molecule has 21 atom stereocenters. The average Bonchev–Trinajstić information content (AvgIpc) is 2.83. The zero-order valence-corrected chi connectivity index (χ0v) is 47.4. The van der Waals surface area contributed by atoms with Crippen molar-refractivity contribution >= 4 is 192 Å². The minimum absolute atomic E-state index is 0.0207. The van der Waals surface area contributed by atoms with Gasteiger partial charge < -0.3 is 9.05 Å². The number of hydrogen-bond donors (Lipinski definition) is 0. The van der Waals surface area contributed by atoms with Crippen LogP contribution in [-0.2, 0) is 13.8 Å². The van der Waals surface area contributed by atoms with Crippen LogP contribution in [0.1, 0.15) is 47.0 Å². The van der Waals surface area contributed by atoms with Crippen LogP contribution in [0.2, 0.25) is 0 Å². The molecule has 0 aliphatic heterocycles. The summed E-state index contributed by atoms with van der Waals surface area (Å²) < 4.78 is 14.8. The Morgan fingerprint density at radius 2 is 1.32 bits per heavy atom. The van der Waals surface area contributed by atoms with Crippen molar-refractivity contribution in [2.75, 3.05) is 0 Å². The molecule has 0 aromatic carbocycles. The van der Waals surface area contributed by atoms with Crippen molar-refractivity contribution in [1.82, 2.24) is 0 Å². The molecule has 0 spiro atoms. The van der Waals surface area contributed by atoms with Gasteiger partial charge in [0.25, 0.3) is 0 Å². The van der Waals surface area contributed by atoms with Crippen molar-refractivity contribution in [2.45, 2.75) is 59.2 Å². The molecule has 0 heterocycles. The van der Waals surface area contributed by atoms with Crippen LogP contribution in [0.15, 0.2) is 11.1 Å². The van der Waals surface area contributed by atoms with Crippen molar-refractivity contribution < 1.29 is 13.8 Å². The molecule has 0 aromatic heterocycles. The molecule has 0 amide bonds. The predicted octanol–water partition coefficient (Wildman–Crippen LogP) is 16.2. The van der Waals surface area contributed by atoms with Gasteiger partial charge in [0.05, 0.1) is 27.3 Å². The molecule has 2 bridgehead atoms. The van der Waals surface area contributed by atoms with Crippen molar-refractivity contribution in [3.8, 4) is 0 Å². The molecule has 2 rings (SSSR count). The first-order valence-corrected chi connectivity index (χ1v) is 52.5. The van der Waals surface area contributed by atoms with Crippen LogP contribution in [0.25, 0.3) is 0 Å². The van der Waals surface area contributed by atoms with Crippen LogP contribution in [0.3, 0.4) is 0 Å². The van der Waals surface area contributed by atoms with E-state index in [9.17, 15) is 4.79 Å². The van der Waals surface area contributed by atoms with Gasteiger partial charge in [0, 0.05) is 33.3 Å². The van der Waals surface area contributed by atoms with E-state index in [1.54, 1.807) is 0 Å². The Morgan fingerprint density at radius 3 is 1.76 bits per heavy atom. The fourth-order valence-electron chi connectivity index (χ4n) is 5.06. The Kier molecular flexibility index (Phi) is 24.8. The third-order valence-corrected chi connectivity index (χ3v) is 125. The number of carbonyl (C=O) groups excluding carboxylic acids is 1. The van der Waals surface area contributed by atoms with Crippen LogP contribution >= 0.6 is 186 Å². The molecule has 1 saturated carbocycles. The number of rotatable bonds is 13.